The average molecular weight is 124 g/mol. The van der Waals surface area contributed by atoms with E-state index in [1.54, 1.807) is 0 Å². The van der Waals surface area contributed by atoms with Crippen LogP contribution < -0.4 is 5.73 Å². The Morgan fingerprint density at radius 2 is 2.44 bits per heavy atom. The van der Waals surface area contributed by atoms with Gasteiger partial charge in [0.2, 0.25) is 0 Å². The molecule has 0 radical (unpaired) electrons. The molecule has 0 aromatic carbocycles. The molecule has 0 amide bonds. The lowest BCUT2D eigenvalue weighted by Gasteiger charge is -2.10. The van der Waals surface area contributed by atoms with E-state index in [0.717, 1.165) is 25.2 Å². The molecular formula is C7H12N2. The lowest BCUT2D eigenvalue weighted by atomic mass is 10.1. The molecular weight excluding hydrogens is 112 g/mol. The number of hydrogen-bond acceptors (Lipinski definition) is 2. The van der Waals surface area contributed by atoms with Crippen molar-refractivity contribution >= 4 is 5.84 Å². The molecule has 0 bridgehead atoms. The Hall–Kier alpha value is -0.790. The first-order valence-corrected chi connectivity index (χ1v) is 3.30. The van der Waals surface area contributed by atoms with Crippen LogP contribution in [0, 0.1) is 0 Å². The van der Waals surface area contributed by atoms with Crippen molar-refractivity contribution in [2.24, 2.45) is 10.7 Å². The van der Waals surface area contributed by atoms with Crippen molar-refractivity contribution in [2.75, 3.05) is 6.54 Å². The molecule has 0 atom stereocenters. The first kappa shape index (κ1) is 6.33. The summed E-state index contributed by atoms with van der Waals surface area (Å²) in [6, 6.07) is 0. The fourth-order valence-electron chi connectivity index (χ4n) is 0.991. The lowest BCUT2D eigenvalue weighted by molar-refractivity contribution is 0.810. The topological polar surface area (TPSA) is 38.4 Å². The predicted molar refractivity (Wildman–Crippen MR) is 39.5 cm³/mol. The number of nitrogens with zero attached hydrogens (tertiary/aromatic N) is 1. The number of rotatable bonds is 0. The number of allylic oxidation sites excluding steroid dienone is 1. The molecule has 2 heteroatoms. The van der Waals surface area contributed by atoms with Gasteiger partial charge in [-0.25, -0.2) is 0 Å². The number of nitrogens with two attached hydrogens (primary N) is 1. The second kappa shape index (κ2) is 2.67. The summed E-state index contributed by atoms with van der Waals surface area (Å²) in [5.41, 5.74) is 6.78. The maximum absolute atomic E-state index is 5.57. The molecule has 0 saturated heterocycles. The number of aliphatic imine (C=N–C) groups is 1. The molecule has 0 aromatic rings. The fraction of sp³-hybridized carbons (Fsp3) is 0.571. The zero-order chi connectivity index (χ0) is 6.69. The van der Waals surface area contributed by atoms with Crippen molar-refractivity contribution in [3.63, 3.8) is 0 Å². The fourth-order valence-corrected chi connectivity index (χ4v) is 0.991. The highest BCUT2D eigenvalue weighted by Crippen LogP contribution is 2.09. The van der Waals surface area contributed by atoms with E-state index in [1.807, 2.05) is 13.0 Å². The smallest absolute Gasteiger partial charge is 0.121 e. The first-order chi connectivity index (χ1) is 4.34. The zero-order valence-corrected chi connectivity index (χ0v) is 5.72. The van der Waals surface area contributed by atoms with Crippen molar-refractivity contribution in [1.29, 1.82) is 0 Å². The summed E-state index contributed by atoms with van der Waals surface area (Å²) in [6.07, 6.45) is 4.30. The van der Waals surface area contributed by atoms with Crippen LogP contribution >= 0.6 is 0 Å². The summed E-state index contributed by atoms with van der Waals surface area (Å²) < 4.78 is 0. The summed E-state index contributed by atoms with van der Waals surface area (Å²) in [5.74, 6) is 0.740. The van der Waals surface area contributed by atoms with E-state index in [9.17, 15) is 0 Å². The summed E-state index contributed by atoms with van der Waals surface area (Å²) >= 11 is 0. The molecule has 1 heterocycles. The summed E-state index contributed by atoms with van der Waals surface area (Å²) in [5, 5.41) is 0. The van der Waals surface area contributed by atoms with Crippen LogP contribution in [0.5, 0.6) is 0 Å². The van der Waals surface area contributed by atoms with Gasteiger partial charge in [0, 0.05) is 6.54 Å². The van der Waals surface area contributed by atoms with E-state index in [4.69, 9.17) is 5.73 Å². The summed E-state index contributed by atoms with van der Waals surface area (Å²) in [4.78, 5) is 4.11. The van der Waals surface area contributed by atoms with Crippen molar-refractivity contribution in [3.8, 4) is 0 Å². The summed E-state index contributed by atoms with van der Waals surface area (Å²) in [7, 11) is 0. The van der Waals surface area contributed by atoms with Gasteiger partial charge in [0.25, 0.3) is 0 Å². The van der Waals surface area contributed by atoms with E-state index < -0.39 is 0 Å². The molecule has 1 aliphatic rings. The quantitative estimate of drug-likeness (QED) is 0.515. The third kappa shape index (κ3) is 1.31. The highest BCUT2D eigenvalue weighted by Gasteiger charge is 2.05. The molecule has 50 valence electrons. The van der Waals surface area contributed by atoms with Crippen molar-refractivity contribution < 1.29 is 0 Å². The minimum absolute atomic E-state index is 0.740. The maximum atomic E-state index is 5.57. The molecule has 2 nitrogen and oxygen atoms in total. The van der Waals surface area contributed by atoms with E-state index in [2.05, 4.69) is 4.99 Å². The Bertz CT molecular complexity index is 156. The SMILES string of the molecule is C/C=C1/CCCN=C1N. The highest BCUT2D eigenvalue weighted by molar-refractivity contribution is 5.97. The van der Waals surface area contributed by atoms with Crippen molar-refractivity contribution in [1.82, 2.24) is 0 Å². The van der Waals surface area contributed by atoms with E-state index in [-0.39, 0.29) is 0 Å². The second-order valence-corrected chi connectivity index (χ2v) is 2.18. The minimum atomic E-state index is 0.740. The Kier molecular flexibility index (Phi) is 1.88. The van der Waals surface area contributed by atoms with Gasteiger partial charge in [-0.2, -0.15) is 0 Å². The molecule has 0 spiro atoms. The second-order valence-electron chi connectivity index (χ2n) is 2.18. The van der Waals surface area contributed by atoms with Gasteiger partial charge in [0.05, 0.1) is 0 Å². The van der Waals surface area contributed by atoms with Crippen LogP contribution in [0.25, 0.3) is 0 Å². The molecule has 1 aliphatic heterocycles. The summed E-state index contributed by atoms with van der Waals surface area (Å²) in [6.45, 7) is 2.91. The Morgan fingerprint density at radius 1 is 1.67 bits per heavy atom. The van der Waals surface area contributed by atoms with E-state index in [1.165, 1.54) is 5.57 Å². The van der Waals surface area contributed by atoms with Crippen LogP contribution in [0.2, 0.25) is 0 Å². The normalized spacial score (nSPS) is 24.1. The van der Waals surface area contributed by atoms with Crippen LogP contribution in [-0.2, 0) is 0 Å². The van der Waals surface area contributed by atoms with Crippen LogP contribution in [0.15, 0.2) is 16.6 Å². The van der Waals surface area contributed by atoms with E-state index in [0.29, 0.717) is 0 Å². The largest absolute Gasteiger partial charge is 0.384 e. The molecule has 0 aromatic heterocycles. The van der Waals surface area contributed by atoms with Gasteiger partial charge in [0.15, 0.2) is 0 Å². The van der Waals surface area contributed by atoms with Gasteiger partial charge < -0.3 is 5.73 Å². The highest BCUT2D eigenvalue weighted by atomic mass is 14.9. The van der Waals surface area contributed by atoms with Gasteiger partial charge in [-0.1, -0.05) is 6.08 Å². The standard InChI is InChI=1S/C7H12N2/c1-2-6-4-3-5-9-7(6)8/h2H,3-5H2,1H3,(H2,8,9)/b6-2-. The third-order valence-corrected chi connectivity index (χ3v) is 1.56. The molecule has 0 aliphatic carbocycles. The van der Waals surface area contributed by atoms with Gasteiger partial charge >= 0.3 is 0 Å². The molecule has 9 heavy (non-hydrogen) atoms. The monoisotopic (exact) mass is 124 g/mol. The number of amidine groups is 1. The molecule has 0 fully saturated rings. The van der Waals surface area contributed by atoms with Crippen LogP contribution in [-0.4, -0.2) is 12.4 Å². The molecule has 2 N–H and O–H groups in total. The Morgan fingerprint density at radius 3 is 2.89 bits per heavy atom. The predicted octanol–water partition coefficient (Wildman–Crippen LogP) is 1.08. The third-order valence-electron chi connectivity index (χ3n) is 1.56. The molecule has 1 rings (SSSR count). The lowest BCUT2D eigenvalue weighted by Crippen LogP contribution is -2.19. The van der Waals surface area contributed by atoms with Crippen LogP contribution in [0.4, 0.5) is 0 Å². The maximum Gasteiger partial charge on any atom is 0.121 e. The Balaban J connectivity index is 2.73. The number of hydrogen-bond donors (Lipinski definition) is 1. The minimum Gasteiger partial charge on any atom is -0.384 e. The zero-order valence-electron chi connectivity index (χ0n) is 5.72. The Labute approximate surface area is 55.5 Å². The van der Waals surface area contributed by atoms with Gasteiger partial charge in [-0.15, -0.1) is 0 Å². The molecule has 0 saturated carbocycles. The van der Waals surface area contributed by atoms with Gasteiger partial charge in [0.1, 0.15) is 5.84 Å². The van der Waals surface area contributed by atoms with Crippen molar-refractivity contribution in [3.05, 3.63) is 11.6 Å². The average Bonchev–Trinajstić information content (AvgIpc) is 1.89. The van der Waals surface area contributed by atoms with Crippen LogP contribution in [0.3, 0.4) is 0 Å². The van der Waals surface area contributed by atoms with Gasteiger partial charge in [-0.3, -0.25) is 4.99 Å². The first-order valence-electron chi connectivity index (χ1n) is 3.30. The molecule has 0 unspecified atom stereocenters. The van der Waals surface area contributed by atoms with E-state index >= 15 is 0 Å². The van der Waals surface area contributed by atoms with Crippen molar-refractivity contribution in [2.45, 2.75) is 19.8 Å². The van der Waals surface area contributed by atoms with Crippen LogP contribution in [0.1, 0.15) is 19.8 Å². The van der Waals surface area contributed by atoms with Gasteiger partial charge in [-0.05, 0) is 25.3 Å².